The lowest BCUT2D eigenvalue weighted by Crippen LogP contribution is -2.27. The van der Waals surface area contributed by atoms with E-state index in [-0.39, 0.29) is 11.4 Å². The van der Waals surface area contributed by atoms with Crippen LogP contribution in [0.2, 0.25) is 0 Å². The summed E-state index contributed by atoms with van der Waals surface area (Å²) in [6.07, 6.45) is -4.65. The summed E-state index contributed by atoms with van der Waals surface area (Å²) in [5.74, 6) is -4.44. The molecule has 0 saturated heterocycles. The van der Waals surface area contributed by atoms with E-state index in [1.807, 2.05) is 0 Å². The zero-order valence-electron chi connectivity index (χ0n) is 11.6. The maximum atomic E-state index is 12.7. The van der Waals surface area contributed by atoms with Crippen LogP contribution in [0.15, 0.2) is 18.2 Å². The van der Waals surface area contributed by atoms with Crippen LogP contribution in [0.3, 0.4) is 0 Å². The van der Waals surface area contributed by atoms with Gasteiger partial charge in [-0.3, -0.25) is 14.4 Å². The molecule has 0 fully saturated rings. The second-order valence-corrected chi connectivity index (χ2v) is 4.49. The maximum absolute atomic E-state index is 12.7. The Labute approximate surface area is 123 Å². The van der Waals surface area contributed by atoms with Crippen LogP contribution in [0.5, 0.6) is 0 Å². The SMILES string of the molecule is CC(=O)Nc1ccc(C(F)(F)F)cc1NC(=O)C(C)C(=O)O. The zero-order valence-corrected chi connectivity index (χ0v) is 11.6. The van der Waals surface area contributed by atoms with Gasteiger partial charge in [0.2, 0.25) is 11.8 Å². The first-order chi connectivity index (χ1) is 10.0. The van der Waals surface area contributed by atoms with Crippen molar-refractivity contribution >= 4 is 29.2 Å². The average Bonchev–Trinajstić information content (AvgIpc) is 2.37. The predicted molar refractivity (Wildman–Crippen MR) is 71.2 cm³/mol. The van der Waals surface area contributed by atoms with Gasteiger partial charge in [-0.05, 0) is 25.1 Å². The van der Waals surface area contributed by atoms with Gasteiger partial charge in [-0.25, -0.2) is 0 Å². The number of alkyl halides is 3. The Hall–Kier alpha value is -2.58. The number of halogens is 3. The molecule has 1 aromatic rings. The van der Waals surface area contributed by atoms with Crippen molar-refractivity contribution in [2.75, 3.05) is 10.6 Å². The fourth-order valence-corrected chi connectivity index (χ4v) is 1.48. The van der Waals surface area contributed by atoms with E-state index < -0.39 is 35.4 Å². The fraction of sp³-hybridized carbons (Fsp3) is 0.308. The molecule has 0 saturated carbocycles. The quantitative estimate of drug-likeness (QED) is 0.742. The standard InChI is InChI=1S/C13H13F3N2O4/c1-6(12(21)22)11(20)18-10-5-8(13(14,15)16)3-4-9(10)17-7(2)19/h3-6H,1-2H3,(H,17,19)(H,18,20)(H,21,22). The molecule has 0 aromatic heterocycles. The maximum Gasteiger partial charge on any atom is 0.416 e. The first-order valence-electron chi connectivity index (χ1n) is 6.05. The van der Waals surface area contributed by atoms with Crippen molar-refractivity contribution in [1.82, 2.24) is 0 Å². The molecule has 1 unspecified atom stereocenters. The summed E-state index contributed by atoms with van der Waals surface area (Å²) < 4.78 is 38.1. The van der Waals surface area contributed by atoms with Gasteiger partial charge < -0.3 is 15.7 Å². The number of aliphatic carboxylic acids is 1. The minimum Gasteiger partial charge on any atom is -0.481 e. The molecule has 0 radical (unpaired) electrons. The summed E-state index contributed by atoms with van der Waals surface area (Å²) in [6.45, 7) is 2.23. The van der Waals surface area contributed by atoms with Crippen LogP contribution in [0.25, 0.3) is 0 Å². The van der Waals surface area contributed by atoms with E-state index in [0.29, 0.717) is 6.07 Å². The molecular formula is C13H13F3N2O4. The van der Waals surface area contributed by atoms with Crippen molar-refractivity contribution in [3.63, 3.8) is 0 Å². The Kier molecular flexibility index (Phi) is 5.13. The zero-order chi connectivity index (χ0) is 17.1. The van der Waals surface area contributed by atoms with Crippen LogP contribution >= 0.6 is 0 Å². The topological polar surface area (TPSA) is 95.5 Å². The highest BCUT2D eigenvalue weighted by Gasteiger charge is 2.31. The number of carboxylic acid groups (broad SMARTS) is 1. The lowest BCUT2D eigenvalue weighted by Gasteiger charge is -2.15. The number of benzene rings is 1. The molecule has 0 aliphatic carbocycles. The van der Waals surface area contributed by atoms with Crippen LogP contribution in [-0.2, 0) is 20.6 Å². The molecule has 1 rings (SSSR count). The summed E-state index contributed by atoms with van der Waals surface area (Å²) >= 11 is 0. The summed E-state index contributed by atoms with van der Waals surface area (Å²) in [7, 11) is 0. The van der Waals surface area contributed by atoms with E-state index >= 15 is 0 Å². The number of hydrogen-bond donors (Lipinski definition) is 3. The van der Waals surface area contributed by atoms with Crippen LogP contribution in [-0.4, -0.2) is 22.9 Å². The third-order valence-corrected chi connectivity index (χ3v) is 2.68. The number of anilines is 2. The van der Waals surface area contributed by atoms with Gasteiger partial charge in [0, 0.05) is 6.92 Å². The fourth-order valence-electron chi connectivity index (χ4n) is 1.48. The average molecular weight is 318 g/mol. The highest BCUT2D eigenvalue weighted by Crippen LogP contribution is 2.34. The van der Waals surface area contributed by atoms with Crippen LogP contribution in [0.1, 0.15) is 19.4 Å². The number of hydrogen-bond acceptors (Lipinski definition) is 3. The number of carbonyl (C=O) groups excluding carboxylic acids is 2. The molecule has 22 heavy (non-hydrogen) atoms. The molecule has 1 atom stereocenters. The summed E-state index contributed by atoms with van der Waals surface area (Å²) in [5, 5.41) is 13.1. The summed E-state index contributed by atoms with van der Waals surface area (Å²) in [6, 6.07) is 2.34. The number of carboxylic acids is 1. The first-order valence-corrected chi connectivity index (χ1v) is 6.05. The highest BCUT2D eigenvalue weighted by molar-refractivity contribution is 6.06. The Bertz CT molecular complexity index is 614. The smallest absolute Gasteiger partial charge is 0.416 e. The first kappa shape index (κ1) is 17.5. The van der Waals surface area contributed by atoms with Crippen molar-refractivity contribution in [3.8, 4) is 0 Å². The predicted octanol–water partition coefficient (Wildman–Crippen LogP) is 2.32. The van der Waals surface area contributed by atoms with E-state index in [4.69, 9.17) is 5.11 Å². The number of amides is 2. The van der Waals surface area contributed by atoms with Crippen molar-refractivity contribution in [1.29, 1.82) is 0 Å². The molecule has 0 aliphatic heterocycles. The number of carbonyl (C=O) groups is 3. The van der Waals surface area contributed by atoms with Gasteiger partial charge >= 0.3 is 12.1 Å². The van der Waals surface area contributed by atoms with E-state index in [9.17, 15) is 27.6 Å². The monoisotopic (exact) mass is 318 g/mol. The molecule has 0 bridgehead atoms. The molecule has 120 valence electrons. The minimum absolute atomic E-state index is 0.0635. The molecule has 0 heterocycles. The Morgan fingerprint density at radius 2 is 1.73 bits per heavy atom. The second-order valence-electron chi connectivity index (χ2n) is 4.49. The van der Waals surface area contributed by atoms with Crippen LogP contribution in [0.4, 0.5) is 24.5 Å². The molecular weight excluding hydrogens is 305 g/mol. The lowest BCUT2D eigenvalue weighted by molar-refractivity contribution is -0.145. The van der Waals surface area contributed by atoms with E-state index in [0.717, 1.165) is 26.0 Å². The molecule has 0 spiro atoms. The van der Waals surface area contributed by atoms with Crippen molar-refractivity contribution in [2.24, 2.45) is 5.92 Å². The van der Waals surface area contributed by atoms with Crippen molar-refractivity contribution < 1.29 is 32.7 Å². The van der Waals surface area contributed by atoms with Crippen molar-refractivity contribution in [3.05, 3.63) is 23.8 Å². The third-order valence-electron chi connectivity index (χ3n) is 2.68. The largest absolute Gasteiger partial charge is 0.481 e. The van der Waals surface area contributed by atoms with E-state index in [1.54, 1.807) is 0 Å². The Morgan fingerprint density at radius 1 is 1.14 bits per heavy atom. The van der Waals surface area contributed by atoms with E-state index in [2.05, 4.69) is 10.6 Å². The third kappa shape index (κ3) is 4.47. The summed E-state index contributed by atoms with van der Waals surface area (Å²) in [4.78, 5) is 33.4. The molecule has 1 aromatic carbocycles. The van der Waals surface area contributed by atoms with Gasteiger partial charge in [-0.15, -0.1) is 0 Å². The Morgan fingerprint density at radius 3 is 2.18 bits per heavy atom. The molecule has 3 N–H and O–H groups in total. The highest BCUT2D eigenvalue weighted by atomic mass is 19.4. The minimum atomic E-state index is -4.65. The van der Waals surface area contributed by atoms with Gasteiger partial charge in [0.15, 0.2) is 0 Å². The van der Waals surface area contributed by atoms with E-state index in [1.165, 1.54) is 0 Å². The Balaban J connectivity index is 3.19. The van der Waals surface area contributed by atoms with Crippen molar-refractivity contribution in [2.45, 2.75) is 20.0 Å². The molecule has 9 heteroatoms. The molecule has 0 aliphatic rings. The normalized spacial score (nSPS) is 12.4. The van der Waals surface area contributed by atoms with Crippen LogP contribution in [0, 0.1) is 5.92 Å². The van der Waals surface area contributed by atoms with Crippen LogP contribution < -0.4 is 10.6 Å². The molecule has 2 amide bonds. The second kappa shape index (κ2) is 6.46. The molecule has 6 nitrogen and oxygen atoms in total. The van der Waals surface area contributed by atoms with Gasteiger partial charge in [-0.2, -0.15) is 13.2 Å². The number of nitrogens with one attached hydrogen (secondary N) is 2. The number of rotatable bonds is 4. The lowest BCUT2D eigenvalue weighted by atomic mass is 10.1. The van der Waals surface area contributed by atoms with Gasteiger partial charge in [-0.1, -0.05) is 0 Å². The van der Waals surface area contributed by atoms with Gasteiger partial charge in [0.05, 0.1) is 16.9 Å². The van der Waals surface area contributed by atoms with Gasteiger partial charge in [0.25, 0.3) is 0 Å². The van der Waals surface area contributed by atoms with Gasteiger partial charge in [0.1, 0.15) is 5.92 Å². The summed E-state index contributed by atoms with van der Waals surface area (Å²) in [5.41, 5.74) is -1.44.